The van der Waals surface area contributed by atoms with Crippen molar-refractivity contribution in [3.8, 4) is 34.1 Å². The van der Waals surface area contributed by atoms with E-state index in [4.69, 9.17) is 28.9 Å². The van der Waals surface area contributed by atoms with Crippen LogP contribution < -0.4 is 14.2 Å². The van der Waals surface area contributed by atoms with Crippen LogP contribution in [0.25, 0.3) is 11.1 Å². The first-order chi connectivity index (χ1) is 30.4. The molecule has 1 amide bonds. The van der Waals surface area contributed by atoms with E-state index in [0.717, 1.165) is 59.2 Å². The third-order valence-corrected chi connectivity index (χ3v) is 12.7. The third-order valence-electron chi connectivity index (χ3n) is 12.7. The number of carbonyl (C=O) groups excluding carboxylic acids is 1. The lowest BCUT2D eigenvalue weighted by molar-refractivity contribution is -0.257. The molecule has 2 aliphatic carbocycles. The van der Waals surface area contributed by atoms with Gasteiger partial charge in [0.2, 0.25) is 11.7 Å². The number of rotatable bonds is 21. The lowest BCUT2D eigenvalue weighted by Crippen LogP contribution is -2.70. The fourth-order valence-corrected chi connectivity index (χ4v) is 10.1. The summed E-state index contributed by atoms with van der Waals surface area (Å²) < 4.78 is 26.6. The molecule has 10 heteroatoms. The van der Waals surface area contributed by atoms with Gasteiger partial charge in [0, 0.05) is 37.7 Å². The molecule has 0 saturated heterocycles. The molecule has 0 spiro atoms. The Labute approximate surface area is 366 Å². The Kier molecular flexibility index (Phi) is 15.2. The Hall–Kier alpha value is -5.42. The van der Waals surface area contributed by atoms with Crippen molar-refractivity contribution in [3.63, 3.8) is 0 Å². The van der Waals surface area contributed by atoms with Crippen LogP contribution >= 0.6 is 0 Å². The number of hydrogen-bond acceptors (Lipinski definition) is 9. The zero-order chi connectivity index (χ0) is 43.5. The number of nitrogens with zero attached hydrogens (tertiary/aromatic N) is 2. The van der Waals surface area contributed by atoms with Crippen molar-refractivity contribution in [3.05, 3.63) is 132 Å². The Morgan fingerprint density at radius 1 is 0.887 bits per heavy atom. The van der Waals surface area contributed by atoms with E-state index >= 15 is 0 Å². The molecule has 328 valence electrons. The number of amides is 1. The van der Waals surface area contributed by atoms with Gasteiger partial charge in [0.25, 0.3) is 0 Å². The SMILES string of the molecule is C=CCO[C@@]12Oc3ccc(Oc4ccc(-c5ccccc5)cc4)cc3[C@H]3[C@H](CCCCO)[C@@H](CCCCO)C=C(C(=NOC)C[C@@H]1N(CCC)C(=O)Cc1cccc(OC)c1)[C@H]32. The first-order valence-corrected chi connectivity index (χ1v) is 22.2. The van der Waals surface area contributed by atoms with E-state index < -0.39 is 17.7 Å². The van der Waals surface area contributed by atoms with Gasteiger partial charge in [-0.1, -0.05) is 91.7 Å². The summed E-state index contributed by atoms with van der Waals surface area (Å²) in [5.74, 6) is 1.04. The quantitative estimate of drug-likeness (QED) is 0.0484. The smallest absolute Gasteiger partial charge is 0.239 e. The maximum absolute atomic E-state index is 14.8. The highest BCUT2D eigenvalue weighted by Crippen LogP contribution is 2.62. The zero-order valence-electron chi connectivity index (χ0n) is 36.4. The molecule has 3 aliphatic rings. The van der Waals surface area contributed by atoms with E-state index in [1.54, 1.807) is 20.3 Å². The van der Waals surface area contributed by atoms with Gasteiger partial charge in [-0.15, -0.1) is 6.58 Å². The second-order valence-corrected chi connectivity index (χ2v) is 16.6. The molecule has 0 aromatic heterocycles. The molecule has 2 N–H and O–H groups in total. The molecule has 0 bridgehead atoms. The Bertz CT molecular complexity index is 2170. The first kappa shape index (κ1) is 44.6. The number of ether oxygens (including phenoxy) is 4. The van der Waals surface area contributed by atoms with Crippen molar-refractivity contribution in [1.29, 1.82) is 0 Å². The molecule has 1 saturated carbocycles. The van der Waals surface area contributed by atoms with Crippen LogP contribution in [0, 0.1) is 17.8 Å². The monoisotopic (exact) mass is 842 g/mol. The van der Waals surface area contributed by atoms with E-state index in [0.29, 0.717) is 55.2 Å². The number of benzene rings is 4. The second kappa shape index (κ2) is 21.1. The second-order valence-electron chi connectivity index (χ2n) is 16.6. The predicted molar refractivity (Wildman–Crippen MR) is 243 cm³/mol. The topological polar surface area (TPSA) is 119 Å². The van der Waals surface area contributed by atoms with Gasteiger partial charge in [0.1, 0.15) is 36.1 Å². The van der Waals surface area contributed by atoms with Gasteiger partial charge < -0.3 is 38.9 Å². The molecule has 4 aromatic carbocycles. The van der Waals surface area contributed by atoms with Gasteiger partial charge in [0.05, 0.1) is 31.8 Å². The van der Waals surface area contributed by atoms with E-state index in [9.17, 15) is 15.0 Å². The van der Waals surface area contributed by atoms with Gasteiger partial charge in [-0.25, -0.2) is 0 Å². The van der Waals surface area contributed by atoms with Crippen LogP contribution in [0.3, 0.4) is 0 Å². The Morgan fingerprint density at radius 2 is 1.63 bits per heavy atom. The van der Waals surface area contributed by atoms with Gasteiger partial charge in [-0.05, 0) is 109 Å². The number of allylic oxidation sites excluding steroid dienone is 1. The summed E-state index contributed by atoms with van der Waals surface area (Å²) in [6, 6.07) is 31.5. The summed E-state index contributed by atoms with van der Waals surface area (Å²) in [6.07, 6.45) is 10.1. The van der Waals surface area contributed by atoms with Crippen molar-refractivity contribution >= 4 is 11.6 Å². The van der Waals surface area contributed by atoms with Crippen molar-refractivity contribution < 1.29 is 38.8 Å². The van der Waals surface area contributed by atoms with Gasteiger partial charge >= 0.3 is 0 Å². The van der Waals surface area contributed by atoms with Crippen LogP contribution in [0.5, 0.6) is 23.0 Å². The van der Waals surface area contributed by atoms with Crippen molar-refractivity contribution in [2.24, 2.45) is 22.9 Å². The number of unbranched alkanes of at least 4 members (excludes halogenated alkanes) is 2. The number of oxime groups is 1. The van der Waals surface area contributed by atoms with E-state index in [1.807, 2.05) is 71.6 Å². The lowest BCUT2D eigenvalue weighted by atomic mass is 9.55. The number of aliphatic hydroxyl groups is 2. The fourth-order valence-electron chi connectivity index (χ4n) is 10.1. The average molecular weight is 843 g/mol. The third kappa shape index (κ3) is 9.63. The number of methoxy groups -OCH3 is 1. The maximum atomic E-state index is 14.8. The van der Waals surface area contributed by atoms with Gasteiger partial charge in [0.15, 0.2) is 0 Å². The lowest BCUT2D eigenvalue weighted by Gasteiger charge is -2.60. The minimum Gasteiger partial charge on any atom is -0.497 e. The molecule has 0 unspecified atom stereocenters. The molecule has 0 radical (unpaired) electrons. The minimum atomic E-state index is -1.33. The van der Waals surface area contributed by atoms with Crippen LogP contribution in [0.2, 0.25) is 0 Å². The van der Waals surface area contributed by atoms with Crippen molar-refractivity contribution in [1.82, 2.24) is 4.90 Å². The van der Waals surface area contributed by atoms with Crippen LogP contribution in [0.4, 0.5) is 0 Å². The normalized spacial score (nSPS) is 23.0. The Balaban J connectivity index is 1.37. The van der Waals surface area contributed by atoms with Crippen LogP contribution in [0.1, 0.15) is 75.3 Å². The zero-order valence-corrected chi connectivity index (χ0v) is 36.4. The van der Waals surface area contributed by atoms with Crippen LogP contribution in [0.15, 0.2) is 127 Å². The molecule has 10 nitrogen and oxygen atoms in total. The van der Waals surface area contributed by atoms with E-state index in [1.165, 1.54) is 0 Å². The number of carbonyl (C=O) groups is 1. The highest BCUT2D eigenvalue weighted by Gasteiger charge is 2.65. The van der Waals surface area contributed by atoms with Crippen molar-refractivity contribution in [2.75, 3.05) is 40.6 Å². The van der Waals surface area contributed by atoms with Crippen LogP contribution in [-0.2, 0) is 20.8 Å². The highest BCUT2D eigenvalue weighted by molar-refractivity contribution is 6.03. The molecule has 1 aliphatic heterocycles. The molecule has 7 rings (SSSR count). The van der Waals surface area contributed by atoms with Crippen LogP contribution in [-0.4, -0.2) is 79.1 Å². The molecule has 62 heavy (non-hydrogen) atoms. The number of aliphatic hydroxyl groups excluding tert-OH is 2. The van der Waals surface area contributed by atoms with E-state index in [-0.39, 0.29) is 49.9 Å². The minimum absolute atomic E-state index is 0.0546. The standard InChI is InChI=1S/C52H62N2O8/c1-5-27-54(49(57)32-36-15-14-19-41(31-36)58-3)48-35-46(53-59-4)44-33-39(18-10-12-28-55)43(20-11-13-29-56)50-45-34-42(25-26-47(45)62-52(48,51(44)50)60-30-6-2)61-40-23-21-38(22-24-40)37-16-8-7-9-17-37/h6-9,14-17,19,21-26,31,33-34,39,43,48,50-51,55-56H,2,5,10-13,18,20,27-30,32,35H2,1,3-4H3/t39-,43+,48-,50+,51+,52+/m0/s1. The average Bonchev–Trinajstić information content (AvgIpc) is 3.30. The first-order valence-electron chi connectivity index (χ1n) is 22.2. The molecule has 1 fully saturated rings. The predicted octanol–water partition coefficient (Wildman–Crippen LogP) is 9.90. The number of hydrogen-bond donors (Lipinski definition) is 2. The van der Waals surface area contributed by atoms with E-state index in [2.05, 4.69) is 49.9 Å². The summed E-state index contributed by atoms with van der Waals surface area (Å²) in [6.45, 7) is 7.03. The summed E-state index contributed by atoms with van der Waals surface area (Å²) in [7, 11) is 3.19. The summed E-state index contributed by atoms with van der Waals surface area (Å²) >= 11 is 0. The Morgan fingerprint density at radius 3 is 2.34 bits per heavy atom. The molecule has 4 aromatic rings. The number of fused-ring (bicyclic) bond motifs is 2. The summed E-state index contributed by atoms with van der Waals surface area (Å²) in [4.78, 5) is 22.4. The maximum Gasteiger partial charge on any atom is 0.239 e. The van der Waals surface area contributed by atoms with Gasteiger partial charge in [-0.2, -0.15) is 0 Å². The molecule has 6 atom stereocenters. The summed E-state index contributed by atoms with van der Waals surface area (Å²) in [5.41, 5.74) is 5.85. The highest BCUT2D eigenvalue weighted by atomic mass is 16.7. The molecular weight excluding hydrogens is 781 g/mol. The summed E-state index contributed by atoms with van der Waals surface area (Å²) in [5, 5.41) is 24.6. The largest absolute Gasteiger partial charge is 0.497 e. The molecular formula is C52H62N2O8. The molecule has 1 heterocycles. The van der Waals surface area contributed by atoms with Gasteiger partial charge in [-0.3, -0.25) is 4.79 Å². The fraction of sp³-hybridized carbons (Fsp3) is 0.423. The van der Waals surface area contributed by atoms with Crippen molar-refractivity contribution in [2.45, 2.75) is 82.5 Å².